The van der Waals surface area contributed by atoms with Gasteiger partial charge in [-0.2, -0.15) is 0 Å². The summed E-state index contributed by atoms with van der Waals surface area (Å²) in [5.74, 6) is -0.854. The first-order valence-corrected chi connectivity index (χ1v) is 15.5. The molecule has 12 atom stereocenters. The number of aliphatic hydroxyl groups excluding tert-OH is 8. The average Bonchev–Trinajstić information content (AvgIpc) is 3.09. The van der Waals surface area contributed by atoms with E-state index < -0.39 is 86.5 Å². The minimum absolute atomic E-state index is 0.0888. The van der Waals surface area contributed by atoms with Crippen LogP contribution in [-0.4, -0.2) is 153 Å². The van der Waals surface area contributed by atoms with Gasteiger partial charge in [-0.3, -0.25) is 0 Å². The Kier molecular flexibility index (Phi) is 13.6. The third-order valence-electron chi connectivity index (χ3n) is 8.80. The molecular weight excluding hydrogens is 640 g/mol. The maximum absolute atomic E-state index is 10.6. The number of hydrogen-bond donors (Lipinski definition) is 10. The standard InChI is InChI=1S/C32H46O16/c1-43-21-9-15(3-5-19(21)35)7-17(13-45-31-29(41)27(39)25(37)23(11-33)47-31)18(8-16-4-6-20(36)22(10-16)44-2)14-46-32-30(42)28(40)26(38)24(12-34)48-32/h3-6,9-10,17-18,23-42H,7-8,11-14H2,1-2H3/t17-,18-,23-,24?,25-,26-,27+,28+,29-,30-,31-,32-/m1/s1. The molecule has 270 valence electrons. The van der Waals surface area contributed by atoms with Crippen molar-refractivity contribution in [1.82, 2.24) is 0 Å². The lowest BCUT2D eigenvalue weighted by Gasteiger charge is -2.41. The summed E-state index contributed by atoms with van der Waals surface area (Å²) in [6.07, 6.45) is -14.7. The van der Waals surface area contributed by atoms with E-state index in [0.717, 1.165) is 0 Å². The summed E-state index contributed by atoms with van der Waals surface area (Å²) in [4.78, 5) is 0. The molecule has 10 N–H and O–H groups in total. The predicted octanol–water partition coefficient (Wildman–Crippen LogP) is -2.23. The van der Waals surface area contributed by atoms with Crippen molar-refractivity contribution in [3.63, 3.8) is 0 Å². The van der Waals surface area contributed by atoms with Crippen LogP contribution < -0.4 is 9.47 Å². The fourth-order valence-corrected chi connectivity index (χ4v) is 5.87. The molecule has 0 aliphatic carbocycles. The number of methoxy groups -OCH3 is 2. The van der Waals surface area contributed by atoms with Crippen LogP contribution in [0.5, 0.6) is 23.0 Å². The van der Waals surface area contributed by atoms with Crippen LogP contribution in [0.4, 0.5) is 0 Å². The lowest BCUT2D eigenvalue weighted by Crippen LogP contribution is -2.59. The van der Waals surface area contributed by atoms with Crippen LogP contribution in [0.1, 0.15) is 11.1 Å². The Morgan fingerprint density at radius 3 is 1.29 bits per heavy atom. The maximum atomic E-state index is 10.6. The molecule has 0 spiro atoms. The van der Waals surface area contributed by atoms with Gasteiger partial charge in [0.1, 0.15) is 48.8 Å². The number of ether oxygens (including phenoxy) is 6. The highest BCUT2D eigenvalue weighted by molar-refractivity contribution is 5.43. The first kappa shape index (κ1) is 38.0. The number of aromatic hydroxyl groups is 2. The van der Waals surface area contributed by atoms with Crippen LogP contribution in [0.3, 0.4) is 0 Å². The Balaban J connectivity index is 1.66. The number of phenolic OH excluding ortho intramolecular Hbond substituents is 2. The predicted molar refractivity (Wildman–Crippen MR) is 163 cm³/mol. The molecule has 48 heavy (non-hydrogen) atoms. The Morgan fingerprint density at radius 1 is 0.583 bits per heavy atom. The van der Waals surface area contributed by atoms with Crippen LogP contribution in [0, 0.1) is 11.8 Å². The van der Waals surface area contributed by atoms with Crippen molar-refractivity contribution in [3.8, 4) is 23.0 Å². The molecule has 0 saturated carbocycles. The quantitative estimate of drug-likeness (QED) is 0.0951. The van der Waals surface area contributed by atoms with Gasteiger partial charge in [0.25, 0.3) is 0 Å². The zero-order chi connectivity index (χ0) is 35.1. The van der Waals surface area contributed by atoms with Gasteiger partial charge in [-0.25, -0.2) is 0 Å². The summed E-state index contributed by atoms with van der Waals surface area (Å²) in [5.41, 5.74) is 1.38. The molecule has 0 bridgehead atoms. The second-order valence-corrected chi connectivity index (χ2v) is 12.0. The maximum Gasteiger partial charge on any atom is 0.186 e. The van der Waals surface area contributed by atoms with E-state index in [1.807, 2.05) is 0 Å². The topological polar surface area (TPSA) is 258 Å². The summed E-state index contributed by atoms with van der Waals surface area (Å²) in [5, 5.41) is 102. The van der Waals surface area contributed by atoms with Crippen LogP contribution in [0.2, 0.25) is 0 Å². The van der Waals surface area contributed by atoms with E-state index in [2.05, 4.69) is 0 Å². The fraction of sp³-hybridized carbons (Fsp3) is 0.625. The smallest absolute Gasteiger partial charge is 0.186 e. The molecule has 0 radical (unpaired) electrons. The van der Waals surface area contributed by atoms with Crippen molar-refractivity contribution in [2.24, 2.45) is 11.8 Å². The van der Waals surface area contributed by atoms with Crippen molar-refractivity contribution in [2.75, 3.05) is 40.6 Å². The number of aliphatic hydroxyl groups is 8. The minimum Gasteiger partial charge on any atom is -0.504 e. The number of benzene rings is 2. The zero-order valence-corrected chi connectivity index (χ0v) is 26.6. The van der Waals surface area contributed by atoms with Gasteiger partial charge in [0.2, 0.25) is 0 Å². The van der Waals surface area contributed by atoms with Gasteiger partial charge < -0.3 is 79.5 Å². The van der Waals surface area contributed by atoms with E-state index in [-0.39, 0.29) is 49.1 Å². The highest BCUT2D eigenvalue weighted by atomic mass is 16.7. The molecule has 16 heteroatoms. The van der Waals surface area contributed by atoms with E-state index in [9.17, 15) is 51.1 Å². The number of hydrogen-bond acceptors (Lipinski definition) is 16. The van der Waals surface area contributed by atoms with E-state index in [0.29, 0.717) is 11.1 Å². The zero-order valence-electron chi connectivity index (χ0n) is 26.6. The second kappa shape index (κ2) is 17.2. The van der Waals surface area contributed by atoms with Gasteiger partial charge in [0.05, 0.1) is 40.6 Å². The molecule has 16 nitrogen and oxygen atoms in total. The monoisotopic (exact) mass is 686 g/mol. The average molecular weight is 687 g/mol. The Bertz CT molecular complexity index is 1200. The Hall–Kier alpha value is -2.84. The minimum atomic E-state index is -1.67. The molecule has 1 unspecified atom stereocenters. The normalized spacial score (nSPS) is 32.0. The van der Waals surface area contributed by atoms with Crippen molar-refractivity contribution < 1.29 is 79.5 Å². The summed E-state index contributed by atoms with van der Waals surface area (Å²) in [6.45, 7) is -1.63. The van der Waals surface area contributed by atoms with Crippen molar-refractivity contribution >= 4 is 0 Å². The van der Waals surface area contributed by atoms with Gasteiger partial charge >= 0.3 is 0 Å². The molecule has 2 aliphatic rings. The molecule has 2 fully saturated rings. The van der Waals surface area contributed by atoms with Crippen LogP contribution in [0.15, 0.2) is 36.4 Å². The molecule has 2 heterocycles. The third-order valence-corrected chi connectivity index (χ3v) is 8.80. The lowest BCUT2D eigenvalue weighted by atomic mass is 9.83. The fourth-order valence-electron chi connectivity index (χ4n) is 5.87. The highest BCUT2D eigenvalue weighted by Crippen LogP contribution is 2.34. The van der Waals surface area contributed by atoms with E-state index in [1.54, 1.807) is 24.3 Å². The summed E-state index contributed by atoms with van der Waals surface area (Å²) in [7, 11) is 2.79. The van der Waals surface area contributed by atoms with Crippen LogP contribution in [-0.2, 0) is 31.8 Å². The first-order valence-electron chi connectivity index (χ1n) is 15.5. The molecule has 2 saturated heterocycles. The second-order valence-electron chi connectivity index (χ2n) is 12.0. The molecular formula is C32H46O16. The summed E-state index contributed by atoms with van der Waals surface area (Å²) < 4.78 is 33.6. The number of phenols is 2. The van der Waals surface area contributed by atoms with E-state index in [4.69, 9.17) is 28.4 Å². The molecule has 2 aromatic carbocycles. The van der Waals surface area contributed by atoms with Gasteiger partial charge in [-0.05, 0) is 60.1 Å². The van der Waals surface area contributed by atoms with Crippen LogP contribution in [0.25, 0.3) is 0 Å². The van der Waals surface area contributed by atoms with E-state index >= 15 is 0 Å². The third kappa shape index (κ3) is 8.84. The molecule has 4 rings (SSSR count). The largest absolute Gasteiger partial charge is 0.504 e. The van der Waals surface area contributed by atoms with E-state index in [1.165, 1.54) is 26.4 Å². The molecule has 2 aromatic rings. The first-order chi connectivity index (χ1) is 22.9. The summed E-state index contributed by atoms with van der Waals surface area (Å²) in [6, 6.07) is 9.47. The SMILES string of the molecule is COc1cc(C[C@H](CO[C@@H]2O[C@H](CO)[C@@H](O)[C@H](O)[C@H]2O)[C@@H](CO[C@@H]2OC(CO)[C@@H](O)[C@H](O)[C@H]2O)Cc2ccc(O)c(OC)c2)ccc1O. The van der Waals surface area contributed by atoms with Crippen molar-refractivity contribution in [3.05, 3.63) is 47.5 Å². The lowest BCUT2D eigenvalue weighted by molar-refractivity contribution is -0.308. The van der Waals surface area contributed by atoms with Crippen molar-refractivity contribution in [2.45, 2.75) is 74.3 Å². The number of rotatable bonds is 15. The molecule has 2 aliphatic heterocycles. The highest BCUT2D eigenvalue weighted by Gasteiger charge is 2.46. The Morgan fingerprint density at radius 2 is 0.958 bits per heavy atom. The van der Waals surface area contributed by atoms with Crippen LogP contribution >= 0.6 is 0 Å². The van der Waals surface area contributed by atoms with Gasteiger partial charge in [-0.1, -0.05) is 12.1 Å². The van der Waals surface area contributed by atoms with Crippen molar-refractivity contribution in [1.29, 1.82) is 0 Å². The summed E-state index contributed by atoms with van der Waals surface area (Å²) >= 11 is 0. The Labute approximate surface area is 276 Å². The van der Waals surface area contributed by atoms with Gasteiger partial charge in [0.15, 0.2) is 35.6 Å². The molecule has 0 amide bonds. The van der Waals surface area contributed by atoms with Gasteiger partial charge in [0, 0.05) is 0 Å². The van der Waals surface area contributed by atoms with Gasteiger partial charge in [-0.15, -0.1) is 0 Å². The molecule has 0 aromatic heterocycles.